The Labute approximate surface area is 229 Å². The van der Waals surface area contributed by atoms with E-state index in [9.17, 15) is 39.9 Å². The fourth-order valence-electron chi connectivity index (χ4n) is 6.63. The molecule has 0 spiro atoms. The molecule has 0 fully saturated rings. The second-order valence-corrected chi connectivity index (χ2v) is 10.7. The number of methoxy groups -OCH3 is 1. The maximum Gasteiger partial charge on any atom is 0.255 e. The van der Waals surface area contributed by atoms with Crippen LogP contribution in [0.2, 0.25) is 0 Å². The second-order valence-electron chi connectivity index (χ2n) is 10.7. The van der Waals surface area contributed by atoms with Gasteiger partial charge in [-0.2, -0.15) is 0 Å². The van der Waals surface area contributed by atoms with Crippen molar-refractivity contribution in [2.75, 3.05) is 21.2 Å². The Hall–Kier alpha value is -4.19. The van der Waals surface area contributed by atoms with Gasteiger partial charge in [-0.1, -0.05) is 31.2 Å². The number of rotatable bonds is 4. The molecule has 11 nitrogen and oxygen atoms in total. The Kier molecular flexibility index (Phi) is 6.29. The molecule has 0 bridgehead atoms. The van der Waals surface area contributed by atoms with Gasteiger partial charge < -0.3 is 36.0 Å². The lowest BCUT2D eigenvalue weighted by Gasteiger charge is -2.53. The third-order valence-electron chi connectivity index (χ3n) is 8.53. The zero-order valence-electron chi connectivity index (χ0n) is 22.2. The number of nitrogens with zero attached hydrogens (tertiary/aromatic N) is 1. The average molecular weight is 551 g/mol. The summed E-state index contributed by atoms with van der Waals surface area (Å²) in [5, 5.41) is 57.1. The number of amides is 1. The number of nitrogens with two attached hydrogens (primary N) is 1. The first kappa shape index (κ1) is 27.4. The molecule has 4 unspecified atom stereocenters. The maximum absolute atomic E-state index is 14.0. The minimum Gasteiger partial charge on any atom is -0.510 e. The lowest BCUT2D eigenvalue weighted by atomic mass is 9.55. The maximum atomic E-state index is 14.0. The first-order valence-electron chi connectivity index (χ1n) is 12.6. The van der Waals surface area contributed by atoms with E-state index in [0.29, 0.717) is 22.4 Å². The standard InChI is InChI=1S/C29H30N2O9/c1-11-14-9-10-15(12-5-7-13(40-4)8-6-12)22(32)17(14)23(33)18-16(11)24(34)20-21(31(2)3)25(35)19(28(30)38)27(37)29(20,39)26(18)36/h5-11,16,20-21,24,32,34-36,39H,1-4H3,(H2,30,38)/t11?,16?,20?,21-,24?,29-/m0/s1. The highest BCUT2D eigenvalue weighted by Crippen LogP contribution is 2.56. The molecule has 0 heterocycles. The van der Waals surface area contributed by atoms with Gasteiger partial charge in [0.1, 0.15) is 28.6 Å². The van der Waals surface area contributed by atoms with Gasteiger partial charge in [0, 0.05) is 17.1 Å². The van der Waals surface area contributed by atoms with Gasteiger partial charge in [0.05, 0.1) is 30.7 Å². The number of phenols is 1. The summed E-state index contributed by atoms with van der Waals surface area (Å²) >= 11 is 0. The van der Waals surface area contributed by atoms with Crippen LogP contribution in [-0.2, 0) is 9.59 Å². The molecule has 11 heteroatoms. The molecule has 0 aliphatic heterocycles. The first-order valence-corrected chi connectivity index (χ1v) is 12.6. The minimum atomic E-state index is -2.95. The van der Waals surface area contributed by atoms with Gasteiger partial charge in [0.2, 0.25) is 5.78 Å². The number of phenolic OH excluding ortho intramolecular Hbond substituents is 1. The van der Waals surface area contributed by atoms with Crippen molar-refractivity contribution in [3.63, 3.8) is 0 Å². The van der Waals surface area contributed by atoms with Gasteiger partial charge >= 0.3 is 0 Å². The summed E-state index contributed by atoms with van der Waals surface area (Å²) in [5.41, 5.74) is 2.16. The fraction of sp³-hybridized carbons (Fsp3) is 0.345. The van der Waals surface area contributed by atoms with Crippen molar-refractivity contribution in [3.05, 3.63) is 70.2 Å². The smallest absolute Gasteiger partial charge is 0.255 e. The molecule has 2 aromatic rings. The summed E-state index contributed by atoms with van der Waals surface area (Å²) in [6, 6.07) is 8.74. The van der Waals surface area contributed by atoms with Crippen LogP contribution < -0.4 is 10.5 Å². The number of fused-ring (bicyclic) bond motifs is 3. The Morgan fingerprint density at radius 2 is 1.68 bits per heavy atom. The summed E-state index contributed by atoms with van der Waals surface area (Å²) in [7, 11) is 4.49. The SMILES string of the molecule is COc1ccc(-c2ccc3c(c2O)C(=O)C2=C(O)[C@]4(O)C(=O)C(C(N)=O)=C(O)[C@@H](N(C)C)C4C(O)C2C3C)cc1. The molecule has 1 amide bonds. The lowest BCUT2D eigenvalue weighted by molar-refractivity contribution is -0.162. The molecule has 0 radical (unpaired) electrons. The van der Waals surface area contributed by atoms with Crippen LogP contribution in [0.5, 0.6) is 11.5 Å². The van der Waals surface area contributed by atoms with E-state index in [1.165, 1.54) is 26.1 Å². The number of benzene rings is 2. The Bertz CT molecular complexity index is 1520. The summed E-state index contributed by atoms with van der Waals surface area (Å²) in [6.07, 6.45) is -1.64. The number of ketones is 2. The number of primary amides is 1. The number of aromatic hydroxyl groups is 1. The number of hydrogen-bond donors (Lipinski definition) is 6. The van der Waals surface area contributed by atoms with Crippen LogP contribution in [0.25, 0.3) is 11.1 Å². The normalized spacial score (nSPS) is 29.7. The van der Waals surface area contributed by atoms with Crippen molar-refractivity contribution in [1.82, 2.24) is 4.90 Å². The van der Waals surface area contributed by atoms with Crippen molar-refractivity contribution in [1.29, 1.82) is 0 Å². The quantitative estimate of drug-likeness (QED) is 0.303. The van der Waals surface area contributed by atoms with Crippen molar-refractivity contribution in [2.45, 2.75) is 30.6 Å². The summed E-state index contributed by atoms with van der Waals surface area (Å²) in [6.45, 7) is 1.68. The molecule has 0 saturated heterocycles. The van der Waals surface area contributed by atoms with E-state index in [1.54, 1.807) is 43.3 Å². The second kappa shape index (κ2) is 9.19. The van der Waals surface area contributed by atoms with E-state index in [4.69, 9.17) is 10.5 Å². The Morgan fingerprint density at radius 3 is 2.23 bits per heavy atom. The van der Waals surface area contributed by atoms with Crippen LogP contribution >= 0.6 is 0 Å². The number of Topliss-reactive ketones (excluding diaryl/α,β-unsaturated/α-hetero) is 2. The molecule has 5 rings (SSSR count). The van der Waals surface area contributed by atoms with E-state index >= 15 is 0 Å². The molecule has 0 aromatic heterocycles. The molecule has 7 N–H and O–H groups in total. The van der Waals surface area contributed by atoms with Gasteiger partial charge in [-0.15, -0.1) is 0 Å². The van der Waals surface area contributed by atoms with E-state index in [-0.39, 0.29) is 11.3 Å². The minimum absolute atomic E-state index is 0.145. The van der Waals surface area contributed by atoms with E-state index in [2.05, 4.69) is 0 Å². The summed E-state index contributed by atoms with van der Waals surface area (Å²) in [5.74, 6) is -8.59. The van der Waals surface area contributed by atoms with E-state index in [1.807, 2.05) is 0 Å². The molecule has 40 heavy (non-hydrogen) atoms. The fourth-order valence-corrected chi connectivity index (χ4v) is 6.63. The van der Waals surface area contributed by atoms with Crippen molar-refractivity contribution >= 4 is 17.5 Å². The zero-order chi connectivity index (χ0) is 29.4. The molecule has 3 aliphatic rings. The number of aliphatic hydroxyl groups is 4. The van der Waals surface area contributed by atoms with Crippen LogP contribution in [0.3, 0.4) is 0 Å². The molecule has 6 atom stereocenters. The monoisotopic (exact) mass is 550 g/mol. The van der Waals surface area contributed by atoms with Crippen LogP contribution in [-0.4, -0.2) is 86.9 Å². The molecule has 3 aliphatic carbocycles. The number of likely N-dealkylation sites (N-methyl/N-ethyl adjacent to an activating group) is 1. The third kappa shape index (κ3) is 3.44. The van der Waals surface area contributed by atoms with Gasteiger partial charge in [0.25, 0.3) is 5.91 Å². The summed E-state index contributed by atoms with van der Waals surface area (Å²) in [4.78, 5) is 41.0. The molecular formula is C29H30N2O9. The van der Waals surface area contributed by atoms with Crippen molar-refractivity contribution < 1.29 is 44.7 Å². The van der Waals surface area contributed by atoms with Crippen LogP contribution in [0.4, 0.5) is 0 Å². The van der Waals surface area contributed by atoms with Gasteiger partial charge in [-0.05, 0) is 43.3 Å². The predicted molar refractivity (Wildman–Crippen MR) is 142 cm³/mol. The third-order valence-corrected chi connectivity index (χ3v) is 8.53. The molecule has 0 saturated carbocycles. The van der Waals surface area contributed by atoms with E-state index < -0.39 is 75.6 Å². The van der Waals surface area contributed by atoms with Crippen LogP contribution in [0.1, 0.15) is 28.8 Å². The van der Waals surface area contributed by atoms with Gasteiger partial charge in [-0.25, -0.2) is 0 Å². The van der Waals surface area contributed by atoms with Crippen LogP contribution in [0, 0.1) is 11.8 Å². The Morgan fingerprint density at radius 1 is 1.05 bits per heavy atom. The highest BCUT2D eigenvalue weighted by atomic mass is 16.5. The summed E-state index contributed by atoms with van der Waals surface area (Å²) < 4.78 is 5.17. The zero-order valence-corrected chi connectivity index (χ0v) is 22.2. The number of hydrogen-bond acceptors (Lipinski definition) is 10. The van der Waals surface area contributed by atoms with Gasteiger partial charge in [0.15, 0.2) is 11.4 Å². The average Bonchev–Trinajstić information content (AvgIpc) is 2.90. The molecule has 2 aromatic carbocycles. The number of carbonyl (C=O) groups is 3. The van der Waals surface area contributed by atoms with Crippen molar-refractivity contribution in [2.24, 2.45) is 17.6 Å². The first-order chi connectivity index (χ1) is 18.8. The van der Waals surface area contributed by atoms with Gasteiger partial charge in [-0.3, -0.25) is 19.3 Å². The van der Waals surface area contributed by atoms with Crippen molar-refractivity contribution in [3.8, 4) is 22.6 Å². The molecule has 210 valence electrons. The molecular weight excluding hydrogens is 520 g/mol. The predicted octanol–water partition coefficient (Wildman–Crippen LogP) is 1.33. The number of aliphatic hydroxyl groups excluding tert-OH is 3. The topological polar surface area (TPSA) is 191 Å². The number of carbonyl (C=O) groups excluding carboxylic acids is 3. The lowest BCUT2D eigenvalue weighted by Crippen LogP contribution is -2.68. The largest absolute Gasteiger partial charge is 0.510 e. The number of ether oxygens (including phenoxy) is 1. The van der Waals surface area contributed by atoms with Crippen LogP contribution in [0.15, 0.2) is 59.1 Å². The Balaban J connectivity index is 1.74. The van der Waals surface area contributed by atoms with E-state index in [0.717, 1.165) is 0 Å². The highest BCUT2D eigenvalue weighted by molar-refractivity contribution is 6.25. The highest BCUT2D eigenvalue weighted by Gasteiger charge is 2.67.